The number of rotatable bonds is 3. The highest BCUT2D eigenvalue weighted by molar-refractivity contribution is 5.89. The van der Waals surface area contributed by atoms with Gasteiger partial charge in [-0.25, -0.2) is 9.59 Å². The number of ether oxygens (including phenoxy) is 1. The minimum absolute atomic E-state index is 0.113. The Kier molecular flexibility index (Phi) is 2.72. The van der Waals surface area contributed by atoms with Crippen molar-refractivity contribution in [3.63, 3.8) is 0 Å². The van der Waals surface area contributed by atoms with Gasteiger partial charge in [-0.2, -0.15) is 0 Å². The molecular formula is C10H10N2O4. The highest BCUT2D eigenvalue weighted by atomic mass is 16.6. The van der Waals surface area contributed by atoms with Crippen LogP contribution in [0.15, 0.2) is 18.5 Å². The van der Waals surface area contributed by atoms with Gasteiger partial charge in [0.05, 0.1) is 18.7 Å². The second-order valence-corrected chi connectivity index (χ2v) is 3.37. The molecule has 84 valence electrons. The van der Waals surface area contributed by atoms with Crippen LogP contribution < -0.4 is 0 Å². The summed E-state index contributed by atoms with van der Waals surface area (Å²) < 4.78 is 4.76. The molecule has 0 saturated carbocycles. The maximum Gasteiger partial charge on any atom is 0.410 e. The Morgan fingerprint density at radius 1 is 1.62 bits per heavy atom. The summed E-state index contributed by atoms with van der Waals surface area (Å²) in [5, 5.41) is 8.93. The fourth-order valence-electron chi connectivity index (χ4n) is 1.53. The smallest absolute Gasteiger partial charge is 0.410 e. The molecule has 0 radical (unpaired) electrons. The molecule has 1 amide bonds. The number of pyridine rings is 1. The fraction of sp³-hybridized carbons (Fsp3) is 0.300. The molecule has 2 heterocycles. The third-order valence-electron chi connectivity index (χ3n) is 2.35. The first-order chi connectivity index (χ1) is 7.68. The van der Waals surface area contributed by atoms with E-state index in [1.807, 2.05) is 0 Å². The van der Waals surface area contributed by atoms with Crippen molar-refractivity contribution in [3.05, 3.63) is 29.6 Å². The van der Waals surface area contributed by atoms with Crippen molar-refractivity contribution >= 4 is 12.1 Å². The van der Waals surface area contributed by atoms with Crippen LogP contribution in [0.3, 0.4) is 0 Å². The Labute approximate surface area is 91.5 Å². The van der Waals surface area contributed by atoms with Crippen LogP contribution in [-0.4, -0.2) is 40.2 Å². The van der Waals surface area contributed by atoms with Gasteiger partial charge < -0.3 is 14.7 Å². The van der Waals surface area contributed by atoms with E-state index in [9.17, 15) is 9.59 Å². The number of aromatic carboxylic acids is 1. The Morgan fingerprint density at radius 3 is 3.06 bits per heavy atom. The highest BCUT2D eigenvalue weighted by Gasteiger charge is 2.23. The number of carbonyl (C=O) groups is 2. The summed E-state index contributed by atoms with van der Waals surface area (Å²) in [4.78, 5) is 27.3. The van der Waals surface area contributed by atoms with Gasteiger partial charge in [0.1, 0.15) is 6.61 Å². The minimum atomic E-state index is -1.05. The SMILES string of the molecule is O=C(O)c1cnccc1CN1CCOC1=O. The molecule has 6 nitrogen and oxygen atoms in total. The van der Waals surface area contributed by atoms with E-state index >= 15 is 0 Å². The van der Waals surface area contributed by atoms with Gasteiger partial charge in [0.2, 0.25) is 0 Å². The van der Waals surface area contributed by atoms with Crippen molar-refractivity contribution in [2.45, 2.75) is 6.54 Å². The number of carbonyl (C=O) groups excluding carboxylic acids is 1. The van der Waals surface area contributed by atoms with Crippen molar-refractivity contribution in [1.29, 1.82) is 0 Å². The lowest BCUT2D eigenvalue weighted by atomic mass is 10.1. The number of cyclic esters (lactones) is 1. The summed E-state index contributed by atoms with van der Waals surface area (Å²) in [5.41, 5.74) is 0.670. The first-order valence-electron chi connectivity index (χ1n) is 4.76. The van der Waals surface area contributed by atoms with E-state index in [-0.39, 0.29) is 12.1 Å². The van der Waals surface area contributed by atoms with Crippen LogP contribution in [0.4, 0.5) is 4.79 Å². The number of aromatic nitrogens is 1. The summed E-state index contributed by atoms with van der Waals surface area (Å²) in [5.74, 6) is -1.05. The van der Waals surface area contributed by atoms with Crippen molar-refractivity contribution in [3.8, 4) is 0 Å². The predicted molar refractivity (Wildman–Crippen MR) is 53.0 cm³/mol. The standard InChI is InChI=1S/C10H10N2O4/c13-9(14)8-5-11-2-1-7(8)6-12-3-4-16-10(12)15/h1-2,5H,3-4,6H2,(H,13,14). The van der Waals surface area contributed by atoms with Crippen LogP contribution in [0.1, 0.15) is 15.9 Å². The quantitative estimate of drug-likeness (QED) is 0.815. The number of carboxylic acid groups (broad SMARTS) is 1. The summed E-state index contributed by atoms with van der Waals surface area (Å²) in [6.45, 7) is 1.08. The van der Waals surface area contributed by atoms with E-state index in [1.54, 1.807) is 6.07 Å². The predicted octanol–water partition coefficient (Wildman–Crippen LogP) is 0.732. The number of nitrogens with zero attached hydrogens (tertiary/aromatic N) is 2. The average molecular weight is 222 g/mol. The summed E-state index contributed by atoms with van der Waals surface area (Å²) in [7, 11) is 0. The molecule has 1 aromatic rings. The van der Waals surface area contributed by atoms with E-state index in [0.29, 0.717) is 18.7 Å². The number of hydrogen-bond acceptors (Lipinski definition) is 4. The molecule has 1 saturated heterocycles. The van der Waals surface area contributed by atoms with E-state index in [0.717, 1.165) is 0 Å². The van der Waals surface area contributed by atoms with Gasteiger partial charge >= 0.3 is 12.1 Å². The maximum atomic E-state index is 11.2. The average Bonchev–Trinajstić information content (AvgIpc) is 2.65. The first-order valence-corrected chi connectivity index (χ1v) is 4.76. The molecule has 2 rings (SSSR count). The third-order valence-corrected chi connectivity index (χ3v) is 2.35. The highest BCUT2D eigenvalue weighted by Crippen LogP contribution is 2.13. The zero-order valence-corrected chi connectivity index (χ0v) is 8.42. The van der Waals surface area contributed by atoms with Gasteiger partial charge in [-0.15, -0.1) is 0 Å². The van der Waals surface area contributed by atoms with Crippen LogP contribution in [-0.2, 0) is 11.3 Å². The lowest BCUT2D eigenvalue weighted by Crippen LogP contribution is -2.24. The molecule has 16 heavy (non-hydrogen) atoms. The molecule has 1 N–H and O–H groups in total. The summed E-state index contributed by atoms with van der Waals surface area (Å²) in [6, 6.07) is 1.59. The maximum absolute atomic E-state index is 11.2. The normalized spacial score (nSPS) is 15.0. The third kappa shape index (κ3) is 1.95. The molecule has 0 aliphatic carbocycles. The largest absolute Gasteiger partial charge is 0.478 e. The van der Waals surface area contributed by atoms with Crippen molar-refractivity contribution in [2.24, 2.45) is 0 Å². The van der Waals surface area contributed by atoms with Crippen LogP contribution in [0, 0.1) is 0 Å². The van der Waals surface area contributed by atoms with Gasteiger partial charge in [-0.1, -0.05) is 0 Å². The molecule has 1 fully saturated rings. The molecule has 1 aliphatic rings. The lowest BCUT2D eigenvalue weighted by Gasteiger charge is -2.13. The molecule has 0 aromatic carbocycles. The topological polar surface area (TPSA) is 79.7 Å². The lowest BCUT2D eigenvalue weighted by molar-refractivity contribution is 0.0694. The first kappa shape index (κ1) is 10.4. The molecule has 1 aliphatic heterocycles. The summed E-state index contributed by atoms with van der Waals surface area (Å²) in [6.07, 6.45) is 2.37. The molecular weight excluding hydrogens is 212 g/mol. The van der Waals surface area contributed by atoms with Crippen LogP contribution in [0.5, 0.6) is 0 Å². The fourth-order valence-corrected chi connectivity index (χ4v) is 1.53. The molecule has 6 heteroatoms. The molecule has 0 spiro atoms. The van der Waals surface area contributed by atoms with Crippen LogP contribution in [0.25, 0.3) is 0 Å². The van der Waals surface area contributed by atoms with Gasteiger partial charge in [0, 0.05) is 12.4 Å². The summed E-state index contributed by atoms with van der Waals surface area (Å²) >= 11 is 0. The van der Waals surface area contributed by atoms with Crippen molar-refractivity contribution in [1.82, 2.24) is 9.88 Å². The second-order valence-electron chi connectivity index (χ2n) is 3.37. The van der Waals surface area contributed by atoms with Crippen molar-refractivity contribution in [2.75, 3.05) is 13.2 Å². The van der Waals surface area contributed by atoms with Gasteiger partial charge in [0.15, 0.2) is 0 Å². The van der Waals surface area contributed by atoms with Gasteiger partial charge in [-0.3, -0.25) is 4.98 Å². The molecule has 0 unspecified atom stereocenters. The zero-order valence-electron chi connectivity index (χ0n) is 8.42. The van der Waals surface area contributed by atoms with E-state index in [4.69, 9.17) is 9.84 Å². The minimum Gasteiger partial charge on any atom is -0.478 e. The van der Waals surface area contributed by atoms with Gasteiger partial charge in [-0.05, 0) is 11.6 Å². The molecule has 0 atom stereocenters. The molecule has 0 bridgehead atoms. The Balaban J connectivity index is 2.20. The number of carboxylic acids is 1. The van der Waals surface area contributed by atoms with Crippen LogP contribution in [0.2, 0.25) is 0 Å². The Morgan fingerprint density at radius 2 is 2.44 bits per heavy atom. The Hall–Kier alpha value is -2.11. The van der Waals surface area contributed by atoms with Crippen molar-refractivity contribution < 1.29 is 19.4 Å². The van der Waals surface area contributed by atoms with Gasteiger partial charge in [0.25, 0.3) is 0 Å². The number of amides is 1. The zero-order chi connectivity index (χ0) is 11.5. The van der Waals surface area contributed by atoms with Crippen LogP contribution >= 0.6 is 0 Å². The monoisotopic (exact) mass is 222 g/mol. The Bertz CT molecular complexity index is 433. The molecule has 1 aromatic heterocycles. The van der Waals surface area contributed by atoms with E-state index in [2.05, 4.69) is 4.98 Å². The van der Waals surface area contributed by atoms with E-state index in [1.165, 1.54) is 17.3 Å². The number of hydrogen-bond donors (Lipinski definition) is 1. The second kappa shape index (κ2) is 4.18. The van der Waals surface area contributed by atoms with E-state index < -0.39 is 12.1 Å².